The number of carbonyl (C=O) groups excluding carboxylic acids is 3. The molecule has 2 atom stereocenters. The summed E-state index contributed by atoms with van der Waals surface area (Å²) in [7, 11) is 0. The van der Waals surface area contributed by atoms with Crippen LogP contribution < -0.4 is 0 Å². The van der Waals surface area contributed by atoms with Gasteiger partial charge in [-0.05, 0) is 13.3 Å². The number of hydrogen-bond acceptors (Lipinski definition) is 6. The summed E-state index contributed by atoms with van der Waals surface area (Å²) in [6.07, 6.45) is -0.0980. The van der Waals surface area contributed by atoms with Gasteiger partial charge in [-0.25, -0.2) is 14.4 Å². The summed E-state index contributed by atoms with van der Waals surface area (Å²) in [5.74, 6) is -2.00. The first-order valence-electron chi connectivity index (χ1n) is 5.66. The van der Waals surface area contributed by atoms with Crippen molar-refractivity contribution >= 4 is 17.9 Å². The van der Waals surface area contributed by atoms with Crippen molar-refractivity contribution in [1.82, 2.24) is 0 Å². The molecule has 100 valence electrons. The van der Waals surface area contributed by atoms with Crippen molar-refractivity contribution in [2.45, 2.75) is 38.9 Å². The number of ether oxygens (including phenoxy) is 3. The molecule has 0 radical (unpaired) electrons. The lowest BCUT2D eigenvalue weighted by Gasteiger charge is -2.08. The van der Waals surface area contributed by atoms with Crippen molar-refractivity contribution in [3.63, 3.8) is 0 Å². The van der Waals surface area contributed by atoms with Gasteiger partial charge in [-0.3, -0.25) is 0 Å². The molecule has 1 saturated heterocycles. The Morgan fingerprint density at radius 1 is 1.50 bits per heavy atom. The molecule has 0 amide bonds. The number of rotatable bonds is 5. The van der Waals surface area contributed by atoms with Crippen LogP contribution in [0.4, 0.5) is 0 Å². The van der Waals surface area contributed by atoms with Crippen molar-refractivity contribution in [2.75, 3.05) is 6.61 Å². The van der Waals surface area contributed by atoms with Crippen molar-refractivity contribution in [1.29, 1.82) is 0 Å². The van der Waals surface area contributed by atoms with Gasteiger partial charge in [0.1, 0.15) is 6.10 Å². The Morgan fingerprint density at radius 3 is 2.67 bits per heavy atom. The fraction of sp³-hybridized carbons (Fsp3) is 0.583. The first-order chi connectivity index (χ1) is 8.43. The molecule has 1 rings (SSSR count). The van der Waals surface area contributed by atoms with E-state index in [9.17, 15) is 14.4 Å². The molecule has 1 fully saturated rings. The Kier molecular flexibility index (Phi) is 4.88. The third-order valence-electron chi connectivity index (χ3n) is 2.42. The third kappa shape index (κ3) is 3.87. The molecular formula is C12H16O6. The number of esters is 3. The van der Waals surface area contributed by atoms with Gasteiger partial charge in [-0.1, -0.05) is 13.5 Å². The summed E-state index contributed by atoms with van der Waals surface area (Å²) in [5, 5.41) is 0. The van der Waals surface area contributed by atoms with Gasteiger partial charge in [0.15, 0.2) is 6.61 Å². The van der Waals surface area contributed by atoms with Crippen LogP contribution in [0.25, 0.3) is 0 Å². The summed E-state index contributed by atoms with van der Waals surface area (Å²) in [4.78, 5) is 33.7. The smallest absolute Gasteiger partial charge is 0.347 e. The molecule has 1 aliphatic rings. The first kappa shape index (κ1) is 14.2. The second kappa shape index (κ2) is 6.18. The zero-order chi connectivity index (χ0) is 13.7. The molecule has 0 N–H and O–H groups in total. The van der Waals surface area contributed by atoms with Crippen LogP contribution >= 0.6 is 0 Å². The highest BCUT2D eigenvalue weighted by Gasteiger charge is 2.36. The minimum Gasteiger partial charge on any atom is -0.459 e. The van der Waals surface area contributed by atoms with Gasteiger partial charge in [0.25, 0.3) is 0 Å². The summed E-state index contributed by atoms with van der Waals surface area (Å²) in [6, 6.07) is 0. The lowest BCUT2D eigenvalue weighted by molar-refractivity contribution is -0.166. The molecule has 1 aliphatic heterocycles. The van der Waals surface area contributed by atoms with Crippen LogP contribution in [-0.4, -0.2) is 36.7 Å². The minimum atomic E-state index is -0.897. The summed E-state index contributed by atoms with van der Waals surface area (Å²) in [6.45, 7) is 6.17. The van der Waals surface area contributed by atoms with E-state index in [2.05, 4.69) is 11.3 Å². The standard InChI is InChI=1S/C12H16O6/c1-4-8-5-9(12(15)17-8)18-10(13)6-16-11(14)7(2)3/h8-9H,2,4-6H2,1,3H3. The highest BCUT2D eigenvalue weighted by Crippen LogP contribution is 2.20. The van der Waals surface area contributed by atoms with Crippen molar-refractivity contribution < 1.29 is 28.6 Å². The Hall–Kier alpha value is -1.85. The quantitative estimate of drug-likeness (QED) is 0.410. The molecule has 0 aromatic heterocycles. The Labute approximate surface area is 105 Å². The summed E-state index contributed by atoms with van der Waals surface area (Å²) in [5.41, 5.74) is 0.189. The summed E-state index contributed by atoms with van der Waals surface area (Å²) >= 11 is 0. The molecule has 0 aliphatic carbocycles. The van der Waals surface area contributed by atoms with E-state index in [1.807, 2.05) is 6.92 Å². The fourth-order valence-corrected chi connectivity index (χ4v) is 1.41. The maximum absolute atomic E-state index is 11.3. The van der Waals surface area contributed by atoms with Crippen LogP contribution in [0.1, 0.15) is 26.7 Å². The van der Waals surface area contributed by atoms with Crippen molar-refractivity contribution in [2.24, 2.45) is 0 Å². The highest BCUT2D eigenvalue weighted by molar-refractivity contribution is 5.89. The molecule has 6 nitrogen and oxygen atoms in total. The third-order valence-corrected chi connectivity index (χ3v) is 2.42. The van der Waals surface area contributed by atoms with Gasteiger partial charge in [0.2, 0.25) is 6.10 Å². The van der Waals surface area contributed by atoms with E-state index in [1.54, 1.807) is 0 Å². The van der Waals surface area contributed by atoms with E-state index in [0.717, 1.165) is 0 Å². The van der Waals surface area contributed by atoms with E-state index in [-0.39, 0.29) is 11.7 Å². The van der Waals surface area contributed by atoms with Gasteiger partial charge < -0.3 is 14.2 Å². The molecule has 1 heterocycles. The molecular weight excluding hydrogens is 240 g/mol. The predicted molar refractivity (Wildman–Crippen MR) is 60.4 cm³/mol. The van der Waals surface area contributed by atoms with Gasteiger partial charge in [-0.15, -0.1) is 0 Å². The van der Waals surface area contributed by atoms with Gasteiger partial charge in [0, 0.05) is 12.0 Å². The van der Waals surface area contributed by atoms with E-state index >= 15 is 0 Å². The highest BCUT2D eigenvalue weighted by atomic mass is 16.6. The normalized spacial score (nSPS) is 22.2. The molecule has 0 aromatic carbocycles. The van der Waals surface area contributed by atoms with Crippen molar-refractivity contribution in [3.8, 4) is 0 Å². The zero-order valence-corrected chi connectivity index (χ0v) is 10.4. The van der Waals surface area contributed by atoms with Crippen molar-refractivity contribution in [3.05, 3.63) is 12.2 Å². The largest absolute Gasteiger partial charge is 0.459 e. The zero-order valence-electron chi connectivity index (χ0n) is 10.4. The number of cyclic esters (lactones) is 1. The van der Waals surface area contributed by atoms with Gasteiger partial charge in [-0.2, -0.15) is 0 Å². The Balaban J connectivity index is 2.35. The topological polar surface area (TPSA) is 78.9 Å². The number of carbonyl (C=O) groups is 3. The second-order valence-corrected chi connectivity index (χ2v) is 4.04. The van der Waals surface area contributed by atoms with Crippen LogP contribution in [0.15, 0.2) is 12.2 Å². The van der Waals surface area contributed by atoms with Crippen LogP contribution in [0, 0.1) is 0 Å². The molecule has 0 saturated carbocycles. The molecule has 0 aromatic rings. The minimum absolute atomic E-state index is 0.189. The van der Waals surface area contributed by atoms with E-state index in [0.29, 0.717) is 12.8 Å². The molecule has 2 unspecified atom stereocenters. The second-order valence-electron chi connectivity index (χ2n) is 4.04. The number of hydrogen-bond donors (Lipinski definition) is 0. The SMILES string of the molecule is C=C(C)C(=O)OCC(=O)OC1CC(CC)OC1=O. The maximum atomic E-state index is 11.3. The molecule has 6 heteroatoms. The van der Waals surface area contributed by atoms with Crippen LogP contribution in [0.2, 0.25) is 0 Å². The Bertz CT molecular complexity index is 373. The van der Waals surface area contributed by atoms with E-state index in [1.165, 1.54) is 6.92 Å². The van der Waals surface area contributed by atoms with Gasteiger partial charge >= 0.3 is 17.9 Å². The molecule has 0 bridgehead atoms. The lowest BCUT2D eigenvalue weighted by atomic mass is 10.2. The average molecular weight is 256 g/mol. The predicted octanol–water partition coefficient (Wildman–Crippen LogP) is 0.743. The van der Waals surface area contributed by atoms with E-state index < -0.39 is 30.6 Å². The van der Waals surface area contributed by atoms with E-state index in [4.69, 9.17) is 9.47 Å². The molecule has 18 heavy (non-hydrogen) atoms. The van der Waals surface area contributed by atoms with Crippen LogP contribution in [0.5, 0.6) is 0 Å². The monoisotopic (exact) mass is 256 g/mol. The fourth-order valence-electron chi connectivity index (χ4n) is 1.41. The average Bonchev–Trinajstić information content (AvgIpc) is 2.67. The van der Waals surface area contributed by atoms with Crippen LogP contribution in [0.3, 0.4) is 0 Å². The van der Waals surface area contributed by atoms with Crippen LogP contribution in [-0.2, 0) is 28.6 Å². The lowest BCUT2D eigenvalue weighted by Crippen LogP contribution is -2.26. The summed E-state index contributed by atoms with van der Waals surface area (Å²) < 4.78 is 14.4. The first-order valence-corrected chi connectivity index (χ1v) is 5.66. The van der Waals surface area contributed by atoms with Gasteiger partial charge in [0.05, 0.1) is 0 Å². The maximum Gasteiger partial charge on any atom is 0.347 e. The Morgan fingerprint density at radius 2 is 2.17 bits per heavy atom. The molecule has 0 spiro atoms.